The van der Waals surface area contributed by atoms with Gasteiger partial charge in [0.25, 0.3) is 5.91 Å². The molecule has 4 amide bonds. The molecule has 26 heavy (non-hydrogen) atoms. The van der Waals surface area contributed by atoms with Crippen LogP contribution in [0.4, 0.5) is 4.79 Å². The predicted molar refractivity (Wildman–Crippen MR) is 88.5 cm³/mol. The first-order chi connectivity index (χ1) is 12.6. The number of benzene rings is 1. The van der Waals surface area contributed by atoms with Crippen LogP contribution in [0.2, 0.25) is 0 Å². The van der Waals surface area contributed by atoms with Crippen LogP contribution in [-0.2, 0) is 9.59 Å². The molecule has 1 aromatic heterocycles. The highest BCUT2D eigenvalue weighted by Gasteiger charge is 2.37. The molecule has 1 aromatic carbocycles. The summed E-state index contributed by atoms with van der Waals surface area (Å²) in [5.41, 5.74) is 0.831. The lowest BCUT2D eigenvalue weighted by molar-refractivity contribution is -0.137. The minimum Gasteiger partial charge on any atom is -0.337 e. The van der Waals surface area contributed by atoms with E-state index < -0.39 is 11.9 Å². The van der Waals surface area contributed by atoms with Gasteiger partial charge in [0.1, 0.15) is 12.6 Å². The molecule has 2 aliphatic rings. The second-order valence-electron chi connectivity index (χ2n) is 6.21. The molecule has 0 aliphatic carbocycles. The molecule has 2 saturated heterocycles. The van der Waals surface area contributed by atoms with E-state index in [2.05, 4.69) is 15.5 Å². The summed E-state index contributed by atoms with van der Waals surface area (Å²) < 4.78 is 5.38. The maximum absolute atomic E-state index is 12.6. The van der Waals surface area contributed by atoms with E-state index in [9.17, 15) is 14.4 Å². The highest BCUT2D eigenvalue weighted by atomic mass is 16.5. The Labute approximate surface area is 149 Å². The second-order valence-corrected chi connectivity index (χ2v) is 6.21. The first-order valence-corrected chi connectivity index (χ1v) is 8.40. The van der Waals surface area contributed by atoms with Gasteiger partial charge in [-0.2, -0.15) is 4.98 Å². The first kappa shape index (κ1) is 16.2. The number of nitrogens with zero attached hydrogens (tertiary/aromatic N) is 4. The van der Waals surface area contributed by atoms with Crippen molar-refractivity contribution in [2.45, 2.75) is 18.9 Å². The van der Waals surface area contributed by atoms with Crippen molar-refractivity contribution in [3.05, 3.63) is 36.2 Å². The third kappa shape index (κ3) is 2.92. The molecule has 1 atom stereocenters. The number of carbonyl (C=O) groups excluding carboxylic acids is 3. The summed E-state index contributed by atoms with van der Waals surface area (Å²) in [4.78, 5) is 42.9. The Balaban J connectivity index is 1.50. The summed E-state index contributed by atoms with van der Waals surface area (Å²) in [5, 5.41) is 6.41. The smallest absolute Gasteiger partial charge is 0.325 e. The molecule has 2 aliphatic heterocycles. The average molecular weight is 355 g/mol. The average Bonchev–Trinajstić information content (AvgIpc) is 3.38. The fourth-order valence-electron chi connectivity index (χ4n) is 3.24. The van der Waals surface area contributed by atoms with Gasteiger partial charge in [-0.15, -0.1) is 0 Å². The van der Waals surface area contributed by atoms with E-state index in [-0.39, 0.29) is 25.0 Å². The maximum atomic E-state index is 12.6. The number of amides is 4. The number of imide groups is 1. The molecule has 4 rings (SSSR count). The molecule has 3 heterocycles. The Morgan fingerprint density at radius 3 is 2.81 bits per heavy atom. The molecular formula is C17H17N5O4. The standard InChI is InChI=1S/C17H17N5O4/c23-13-9-18-17(25)22(13)10-14(24)21-8-4-7-12(21)16-19-15(20-26-16)11-5-2-1-3-6-11/h1-3,5-6,12H,4,7-10H2,(H,18,25)/t12-/m0/s1. The quantitative estimate of drug-likeness (QED) is 0.818. The van der Waals surface area contributed by atoms with E-state index in [1.807, 2.05) is 30.3 Å². The third-order valence-corrected chi connectivity index (χ3v) is 4.56. The summed E-state index contributed by atoms with van der Waals surface area (Å²) in [7, 11) is 0. The monoisotopic (exact) mass is 355 g/mol. The molecule has 9 heteroatoms. The Hall–Kier alpha value is -3.23. The van der Waals surface area contributed by atoms with Crippen molar-refractivity contribution in [2.24, 2.45) is 0 Å². The predicted octanol–water partition coefficient (Wildman–Crippen LogP) is 0.952. The summed E-state index contributed by atoms with van der Waals surface area (Å²) in [5.74, 6) is 0.126. The number of nitrogens with one attached hydrogen (secondary N) is 1. The lowest BCUT2D eigenvalue weighted by atomic mass is 10.2. The summed E-state index contributed by atoms with van der Waals surface area (Å²) in [6.07, 6.45) is 1.49. The van der Waals surface area contributed by atoms with Gasteiger partial charge in [0.15, 0.2) is 0 Å². The Morgan fingerprint density at radius 1 is 1.27 bits per heavy atom. The van der Waals surface area contributed by atoms with Crippen molar-refractivity contribution in [1.29, 1.82) is 0 Å². The van der Waals surface area contributed by atoms with Crippen molar-refractivity contribution in [2.75, 3.05) is 19.6 Å². The zero-order valence-electron chi connectivity index (χ0n) is 13.9. The number of carbonyl (C=O) groups is 3. The van der Waals surface area contributed by atoms with E-state index >= 15 is 0 Å². The zero-order chi connectivity index (χ0) is 18.1. The highest BCUT2D eigenvalue weighted by molar-refractivity contribution is 6.04. The number of rotatable bonds is 4. The van der Waals surface area contributed by atoms with E-state index in [4.69, 9.17) is 4.52 Å². The lowest BCUT2D eigenvalue weighted by Crippen LogP contribution is -2.42. The van der Waals surface area contributed by atoms with Crippen LogP contribution in [0.1, 0.15) is 24.8 Å². The van der Waals surface area contributed by atoms with Crippen molar-refractivity contribution in [1.82, 2.24) is 25.3 Å². The van der Waals surface area contributed by atoms with Crippen LogP contribution in [0, 0.1) is 0 Å². The normalized spacial score (nSPS) is 19.9. The van der Waals surface area contributed by atoms with Crippen LogP contribution < -0.4 is 5.32 Å². The van der Waals surface area contributed by atoms with Crippen molar-refractivity contribution >= 4 is 17.8 Å². The maximum Gasteiger partial charge on any atom is 0.325 e. The minimum absolute atomic E-state index is 0.0698. The molecule has 2 aromatic rings. The molecule has 0 spiro atoms. The topological polar surface area (TPSA) is 109 Å². The fourth-order valence-corrected chi connectivity index (χ4v) is 3.24. The van der Waals surface area contributed by atoms with Crippen LogP contribution in [0.5, 0.6) is 0 Å². The number of aromatic nitrogens is 2. The van der Waals surface area contributed by atoms with Crippen LogP contribution in [0.25, 0.3) is 11.4 Å². The van der Waals surface area contributed by atoms with Gasteiger partial charge >= 0.3 is 6.03 Å². The second kappa shape index (κ2) is 6.58. The van der Waals surface area contributed by atoms with E-state index in [1.165, 1.54) is 0 Å². The van der Waals surface area contributed by atoms with E-state index in [0.29, 0.717) is 24.7 Å². The fraction of sp³-hybridized carbons (Fsp3) is 0.353. The summed E-state index contributed by atoms with van der Waals surface area (Å²) in [6, 6.07) is 8.55. The van der Waals surface area contributed by atoms with Crippen molar-refractivity contribution in [3.8, 4) is 11.4 Å². The first-order valence-electron chi connectivity index (χ1n) is 8.40. The number of hydrogen-bond donors (Lipinski definition) is 1. The van der Waals surface area contributed by atoms with E-state index in [0.717, 1.165) is 16.9 Å². The van der Waals surface area contributed by atoms with E-state index in [1.54, 1.807) is 4.90 Å². The van der Waals surface area contributed by atoms with Gasteiger partial charge in [0.05, 0.1) is 6.54 Å². The van der Waals surface area contributed by atoms with Crippen LogP contribution in [-0.4, -0.2) is 57.4 Å². The van der Waals surface area contributed by atoms with Crippen molar-refractivity contribution < 1.29 is 18.9 Å². The Morgan fingerprint density at radius 2 is 2.08 bits per heavy atom. The van der Waals surface area contributed by atoms with Crippen LogP contribution in [0.15, 0.2) is 34.9 Å². The highest BCUT2D eigenvalue weighted by Crippen LogP contribution is 2.32. The van der Waals surface area contributed by atoms with Gasteiger partial charge in [-0.3, -0.25) is 14.5 Å². The van der Waals surface area contributed by atoms with Gasteiger partial charge in [0, 0.05) is 12.1 Å². The number of likely N-dealkylation sites (tertiary alicyclic amines) is 1. The molecule has 0 unspecified atom stereocenters. The van der Waals surface area contributed by atoms with Crippen LogP contribution >= 0.6 is 0 Å². The lowest BCUT2D eigenvalue weighted by Gasteiger charge is -2.23. The van der Waals surface area contributed by atoms with Gasteiger partial charge in [-0.1, -0.05) is 35.5 Å². The Kier molecular flexibility index (Phi) is 4.11. The number of urea groups is 1. The molecule has 2 fully saturated rings. The SMILES string of the molecule is O=C1CNC(=O)N1CC(=O)N1CCC[C@H]1c1nc(-c2ccccc2)no1. The molecule has 134 valence electrons. The molecule has 9 nitrogen and oxygen atoms in total. The largest absolute Gasteiger partial charge is 0.337 e. The number of hydrogen-bond acceptors (Lipinski definition) is 6. The zero-order valence-corrected chi connectivity index (χ0v) is 13.9. The van der Waals surface area contributed by atoms with Crippen LogP contribution in [0.3, 0.4) is 0 Å². The van der Waals surface area contributed by atoms with Gasteiger partial charge in [-0.05, 0) is 12.8 Å². The molecule has 0 saturated carbocycles. The van der Waals surface area contributed by atoms with Gasteiger partial charge in [-0.25, -0.2) is 4.79 Å². The summed E-state index contributed by atoms with van der Waals surface area (Å²) >= 11 is 0. The van der Waals surface area contributed by atoms with Gasteiger partial charge in [0.2, 0.25) is 17.6 Å². The molecular weight excluding hydrogens is 338 g/mol. The summed E-state index contributed by atoms with van der Waals surface area (Å²) in [6.45, 7) is 0.177. The molecule has 0 bridgehead atoms. The van der Waals surface area contributed by atoms with Gasteiger partial charge < -0.3 is 14.7 Å². The Bertz CT molecular complexity index is 834. The third-order valence-electron chi connectivity index (χ3n) is 4.56. The minimum atomic E-state index is -0.539. The molecule has 0 radical (unpaired) electrons. The molecule has 1 N–H and O–H groups in total. The van der Waals surface area contributed by atoms with Crippen molar-refractivity contribution in [3.63, 3.8) is 0 Å².